The average Bonchev–Trinajstić information content (AvgIpc) is 2.99. The van der Waals surface area contributed by atoms with Crippen LogP contribution in [0.3, 0.4) is 0 Å². The molecule has 0 aromatic heterocycles. The number of amides is 1. The van der Waals surface area contributed by atoms with E-state index in [0.29, 0.717) is 5.91 Å². The zero-order chi connectivity index (χ0) is 9.31. The first-order valence-electron chi connectivity index (χ1n) is 5.16. The van der Waals surface area contributed by atoms with Gasteiger partial charge in [-0.3, -0.25) is 4.79 Å². The minimum atomic E-state index is 0.0853. The number of hydrogen-bond acceptors (Lipinski definition) is 2. The van der Waals surface area contributed by atoms with E-state index in [1.807, 2.05) is 11.8 Å². The maximum Gasteiger partial charge on any atom is 0.228 e. The second-order valence-electron chi connectivity index (χ2n) is 4.04. The summed E-state index contributed by atoms with van der Waals surface area (Å²) in [6.45, 7) is 4.10. The Morgan fingerprint density at radius 3 is 2.46 bits per heavy atom. The Bertz CT molecular complexity index is 207. The summed E-state index contributed by atoms with van der Waals surface area (Å²) in [6, 6.07) is 0. The van der Waals surface area contributed by atoms with Crippen LogP contribution in [0.15, 0.2) is 0 Å². The summed E-state index contributed by atoms with van der Waals surface area (Å²) in [5, 5.41) is 0. The topological polar surface area (TPSA) is 20.3 Å². The third-order valence-electron chi connectivity index (χ3n) is 3.28. The number of carbonyl (C=O) groups is 1. The second-order valence-corrected chi connectivity index (χ2v) is 5.26. The molecule has 0 spiro atoms. The molecule has 2 rings (SSSR count). The van der Waals surface area contributed by atoms with E-state index in [9.17, 15) is 4.79 Å². The van der Waals surface area contributed by atoms with Crippen molar-refractivity contribution in [3.63, 3.8) is 0 Å². The SMILES string of the molecule is CCC1(C(=O)N2CCSCC2)CC1. The van der Waals surface area contributed by atoms with Crippen molar-refractivity contribution in [3.05, 3.63) is 0 Å². The maximum absolute atomic E-state index is 12.0. The third-order valence-corrected chi connectivity index (χ3v) is 4.22. The maximum atomic E-state index is 12.0. The fourth-order valence-corrected chi connectivity index (χ4v) is 2.87. The molecule has 0 aromatic carbocycles. The van der Waals surface area contributed by atoms with Crippen LogP contribution >= 0.6 is 11.8 Å². The highest BCUT2D eigenvalue weighted by Gasteiger charge is 2.49. The molecule has 13 heavy (non-hydrogen) atoms. The van der Waals surface area contributed by atoms with E-state index in [1.54, 1.807) is 0 Å². The van der Waals surface area contributed by atoms with Gasteiger partial charge in [-0.25, -0.2) is 0 Å². The zero-order valence-electron chi connectivity index (χ0n) is 8.21. The van der Waals surface area contributed by atoms with E-state index < -0.39 is 0 Å². The van der Waals surface area contributed by atoms with Gasteiger partial charge in [0.05, 0.1) is 0 Å². The van der Waals surface area contributed by atoms with Crippen LogP contribution in [0.1, 0.15) is 26.2 Å². The Labute approximate surface area is 84.1 Å². The van der Waals surface area contributed by atoms with Crippen molar-refractivity contribution in [3.8, 4) is 0 Å². The Morgan fingerprint density at radius 1 is 1.38 bits per heavy atom. The van der Waals surface area contributed by atoms with Gasteiger partial charge in [0.1, 0.15) is 0 Å². The molecule has 0 radical (unpaired) electrons. The molecule has 0 atom stereocenters. The molecular weight excluding hydrogens is 182 g/mol. The number of carbonyl (C=O) groups excluding carboxylic acids is 1. The quantitative estimate of drug-likeness (QED) is 0.675. The van der Waals surface area contributed by atoms with Crippen molar-refractivity contribution in [2.45, 2.75) is 26.2 Å². The van der Waals surface area contributed by atoms with Crippen LogP contribution in [0.25, 0.3) is 0 Å². The number of hydrogen-bond donors (Lipinski definition) is 0. The summed E-state index contributed by atoms with van der Waals surface area (Å²) in [7, 11) is 0. The molecule has 0 unspecified atom stereocenters. The van der Waals surface area contributed by atoms with Crippen molar-refractivity contribution in [2.24, 2.45) is 5.41 Å². The fourth-order valence-electron chi connectivity index (χ4n) is 1.97. The molecule has 0 N–H and O–H groups in total. The normalized spacial score (nSPS) is 25.8. The van der Waals surface area contributed by atoms with E-state index in [2.05, 4.69) is 11.8 Å². The van der Waals surface area contributed by atoms with Gasteiger partial charge < -0.3 is 4.90 Å². The lowest BCUT2D eigenvalue weighted by Crippen LogP contribution is -2.42. The molecule has 1 heterocycles. The lowest BCUT2D eigenvalue weighted by molar-refractivity contribution is -0.136. The molecular formula is C10H17NOS. The van der Waals surface area contributed by atoms with Gasteiger partial charge in [0.2, 0.25) is 5.91 Å². The van der Waals surface area contributed by atoms with E-state index in [-0.39, 0.29) is 5.41 Å². The fraction of sp³-hybridized carbons (Fsp3) is 0.900. The molecule has 2 fully saturated rings. The van der Waals surface area contributed by atoms with Gasteiger partial charge in [0.15, 0.2) is 0 Å². The van der Waals surface area contributed by atoms with Gasteiger partial charge >= 0.3 is 0 Å². The molecule has 1 saturated carbocycles. The van der Waals surface area contributed by atoms with E-state index in [0.717, 1.165) is 43.9 Å². The Hall–Kier alpha value is -0.180. The van der Waals surface area contributed by atoms with E-state index >= 15 is 0 Å². The zero-order valence-corrected chi connectivity index (χ0v) is 9.03. The molecule has 74 valence electrons. The summed E-state index contributed by atoms with van der Waals surface area (Å²) in [5.41, 5.74) is 0.0853. The Balaban J connectivity index is 1.95. The highest BCUT2D eigenvalue weighted by molar-refractivity contribution is 7.99. The minimum Gasteiger partial charge on any atom is -0.341 e. The number of rotatable bonds is 2. The van der Waals surface area contributed by atoms with Crippen molar-refractivity contribution < 1.29 is 4.79 Å². The molecule has 2 nitrogen and oxygen atoms in total. The standard InChI is InChI=1S/C10H17NOS/c1-2-10(3-4-10)9(12)11-5-7-13-8-6-11/h2-8H2,1H3. The lowest BCUT2D eigenvalue weighted by atomic mass is 10.0. The second kappa shape index (κ2) is 3.52. The van der Waals surface area contributed by atoms with Crippen molar-refractivity contribution in [1.29, 1.82) is 0 Å². The van der Waals surface area contributed by atoms with Crippen LogP contribution in [-0.2, 0) is 4.79 Å². The first-order valence-corrected chi connectivity index (χ1v) is 6.31. The van der Waals surface area contributed by atoms with E-state index in [1.165, 1.54) is 0 Å². The Kier molecular flexibility index (Phi) is 2.54. The van der Waals surface area contributed by atoms with Crippen LogP contribution in [0.5, 0.6) is 0 Å². The number of nitrogens with zero attached hydrogens (tertiary/aromatic N) is 1. The van der Waals surface area contributed by atoms with Crippen molar-refractivity contribution in [2.75, 3.05) is 24.6 Å². The predicted octanol–water partition coefficient (Wildman–Crippen LogP) is 1.75. The van der Waals surface area contributed by atoms with Crippen LogP contribution in [0.2, 0.25) is 0 Å². The van der Waals surface area contributed by atoms with Gasteiger partial charge in [-0.05, 0) is 19.3 Å². The third kappa shape index (κ3) is 1.71. The predicted molar refractivity (Wildman–Crippen MR) is 55.9 cm³/mol. The summed E-state index contributed by atoms with van der Waals surface area (Å²) in [6.07, 6.45) is 3.30. The molecule has 2 aliphatic rings. The summed E-state index contributed by atoms with van der Waals surface area (Å²) in [4.78, 5) is 14.1. The molecule has 1 aliphatic heterocycles. The Morgan fingerprint density at radius 2 is 2.00 bits per heavy atom. The van der Waals surface area contributed by atoms with Gasteiger partial charge in [0.25, 0.3) is 0 Å². The largest absolute Gasteiger partial charge is 0.341 e. The average molecular weight is 199 g/mol. The van der Waals surface area contributed by atoms with E-state index in [4.69, 9.17) is 0 Å². The summed E-state index contributed by atoms with van der Waals surface area (Å²) >= 11 is 1.96. The molecule has 1 saturated heterocycles. The van der Waals surface area contributed by atoms with Gasteiger partial charge in [-0.2, -0.15) is 11.8 Å². The molecule has 0 aromatic rings. The highest BCUT2D eigenvalue weighted by atomic mass is 32.2. The monoisotopic (exact) mass is 199 g/mol. The summed E-state index contributed by atoms with van der Waals surface area (Å²) < 4.78 is 0. The molecule has 1 aliphatic carbocycles. The smallest absolute Gasteiger partial charge is 0.228 e. The minimum absolute atomic E-state index is 0.0853. The van der Waals surface area contributed by atoms with Crippen molar-refractivity contribution in [1.82, 2.24) is 4.90 Å². The number of thioether (sulfide) groups is 1. The van der Waals surface area contributed by atoms with Crippen LogP contribution < -0.4 is 0 Å². The van der Waals surface area contributed by atoms with Gasteiger partial charge in [0, 0.05) is 30.0 Å². The molecule has 0 bridgehead atoms. The highest BCUT2D eigenvalue weighted by Crippen LogP contribution is 2.50. The summed E-state index contributed by atoms with van der Waals surface area (Å²) in [5.74, 6) is 2.70. The first kappa shape index (κ1) is 9.38. The van der Waals surface area contributed by atoms with Gasteiger partial charge in [-0.15, -0.1) is 0 Å². The molecule has 1 amide bonds. The van der Waals surface area contributed by atoms with Gasteiger partial charge in [-0.1, -0.05) is 6.92 Å². The van der Waals surface area contributed by atoms with Crippen LogP contribution in [0.4, 0.5) is 0 Å². The lowest BCUT2D eigenvalue weighted by Gasteiger charge is -2.29. The van der Waals surface area contributed by atoms with Crippen LogP contribution in [-0.4, -0.2) is 35.4 Å². The molecule has 3 heteroatoms. The van der Waals surface area contributed by atoms with Crippen LogP contribution in [0, 0.1) is 5.41 Å². The first-order chi connectivity index (χ1) is 6.28. The van der Waals surface area contributed by atoms with Crippen molar-refractivity contribution >= 4 is 17.7 Å².